The fraction of sp³-hybridized carbons (Fsp3) is 0.0588. The highest BCUT2D eigenvalue weighted by atomic mass is 16.5. The molecule has 4 nitrogen and oxygen atoms in total. The molecule has 4 heteroatoms. The average molecular weight is 282 g/mol. The summed E-state index contributed by atoms with van der Waals surface area (Å²) in [7, 11) is -2.53. The van der Waals surface area contributed by atoms with Crippen LogP contribution in [0.4, 0.5) is 0 Å². The molecule has 0 atom stereocenters. The zero-order valence-corrected chi connectivity index (χ0v) is 10.9. The fourth-order valence-corrected chi connectivity index (χ4v) is 1.98. The van der Waals surface area contributed by atoms with Crippen LogP contribution in [0.5, 0.6) is 11.5 Å². The third kappa shape index (κ3) is 2.69. The second-order valence-corrected chi connectivity index (χ2v) is 4.35. The normalized spacial score (nSPS) is 13.0. The largest absolute Gasteiger partial charge is 0.497 e. The molecule has 0 aliphatic carbocycles. The number of nitrogens with zero attached hydrogens (tertiary/aromatic N) is 1. The van der Waals surface area contributed by atoms with Crippen molar-refractivity contribution >= 4 is 16.9 Å². The summed E-state index contributed by atoms with van der Waals surface area (Å²) >= 11 is 0. The lowest BCUT2D eigenvalue weighted by Crippen LogP contribution is -2.08. The molecule has 1 aromatic heterocycles. The van der Waals surface area contributed by atoms with E-state index in [1.54, 1.807) is 24.4 Å². The van der Waals surface area contributed by atoms with E-state index in [1.807, 2.05) is 12.1 Å². The van der Waals surface area contributed by atoms with Crippen LogP contribution in [-0.2, 0) is 0 Å². The van der Waals surface area contributed by atoms with Crippen LogP contribution in [0.1, 0.15) is 14.5 Å². The summed E-state index contributed by atoms with van der Waals surface area (Å²) < 4.78 is 31.3. The summed E-state index contributed by atoms with van der Waals surface area (Å²) in [6.45, 7) is 0. The number of hydrogen-bond donors (Lipinski definition) is 0. The lowest BCUT2D eigenvalue weighted by atomic mass is 10.2. The third-order valence-electron chi connectivity index (χ3n) is 3.01. The van der Waals surface area contributed by atoms with Crippen LogP contribution in [0.25, 0.3) is 10.9 Å². The van der Waals surface area contributed by atoms with Gasteiger partial charge in [0.1, 0.15) is 11.3 Å². The molecule has 0 bridgehead atoms. The van der Waals surface area contributed by atoms with Crippen molar-refractivity contribution in [3.05, 3.63) is 66.4 Å². The van der Waals surface area contributed by atoms with Crippen LogP contribution in [-0.4, -0.2) is 18.0 Å². The molecule has 0 unspecified atom stereocenters. The van der Waals surface area contributed by atoms with Crippen molar-refractivity contribution in [2.45, 2.75) is 0 Å². The molecule has 21 heavy (non-hydrogen) atoms. The molecule has 0 amide bonds. The maximum absolute atomic E-state index is 12.3. The predicted octanol–water partition coefficient (Wildman–Crippen LogP) is 3.46. The predicted molar refractivity (Wildman–Crippen MR) is 79.7 cm³/mol. The molecule has 0 radical (unpaired) electrons. The van der Waals surface area contributed by atoms with Crippen LogP contribution >= 0.6 is 0 Å². The number of esters is 1. The molecular formula is C17H13NO3. The van der Waals surface area contributed by atoms with E-state index in [9.17, 15) is 4.79 Å². The van der Waals surface area contributed by atoms with Crippen molar-refractivity contribution in [2.75, 3.05) is 7.04 Å². The van der Waals surface area contributed by atoms with Gasteiger partial charge in [0.25, 0.3) is 0 Å². The van der Waals surface area contributed by atoms with Gasteiger partial charge in [-0.05, 0) is 36.4 Å². The number of para-hydroxylation sites is 1. The maximum atomic E-state index is 12.3. The van der Waals surface area contributed by atoms with Gasteiger partial charge in [0.15, 0.2) is 5.75 Å². The highest BCUT2D eigenvalue weighted by molar-refractivity contribution is 5.94. The third-order valence-corrected chi connectivity index (χ3v) is 3.01. The first-order valence-corrected chi connectivity index (χ1v) is 6.27. The standard InChI is InChI=1S/C17H13NO3/c1-20-14-9-7-13(8-10-14)17(19)21-15-6-2-4-12-5-3-11-18-16(12)15/h2-11H,1H3/i1D3. The number of carbonyl (C=O) groups excluding carboxylic acids is 1. The number of pyridine rings is 1. The van der Waals surface area contributed by atoms with Crippen LogP contribution in [0.3, 0.4) is 0 Å². The van der Waals surface area contributed by atoms with Crippen LogP contribution < -0.4 is 9.47 Å². The Morgan fingerprint density at radius 2 is 1.90 bits per heavy atom. The van der Waals surface area contributed by atoms with Gasteiger partial charge in [-0.15, -0.1) is 0 Å². The summed E-state index contributed by atoms with van der Waals surface area (Å²) in [5.41, 5.74) is 0.872. The van der Waals surface area contributed by atoms with Gasteiger partial charge in [0, 0.05) is 11.6 Å². The molecule has 0 aliphatic rings. The second kappa shape index (κ2) is 5.63. The average Bonchev–Trinajstić information content (AvgIpc) is 2.54. The van der Waals surface area contributed by atoms with E-state index in [4.69, 9.17) is 13.6 Å². The van der Waals surface area contributed by atoms with Crippen molar-refractivity contribution < 1.29 is 18.4 Å². The van der Waals surface area contributed by atoms with Gasteiger partial charge in [-0.25, -0.2) is 4.79 Å². The number of fused-ring (bicyclic) bond motifs is 1. The van der Waals surface area contributed by atoms with E-state index in [1.165, 1.54) is 24.3 Å². The Kier molecular flexibility index (Phi) is 2.66. The maximum Gasteiger partial charge on any atom is 0.343 e. The van der Waals surface area contributed by atoms with E-state index in [-0.39, 0.29) is 11.3 Å². The summed E-state index contributed by atoms with van der Waals surface area (Å²) in [4.78, 5) is 16.5. The zero-order valence-electron chi connectivity index (χ0n) is 13.9. The smallest absolute Gasteiger partial charge is 0.343 e. The quantitative estimate of drug-likeness (QED) is 0.545. The van der Waals surface area contributed by atoms with Gasteiger partial charge in [-0.3, -0.25) is 4.98 Å². The molecule has 104 valence electrons. The minimum absolute atomic E-state index is 0.151. The highest BCUT2D eigenvalue weighted by Gasteiger charge is 2.11. The number of aromatic nitrogens is 1. The minimum atomic E-state index is -2.53. The van der Waals surface area contributed by atoms with E-state index < -0.39 is 13.0 Å². The van der Waals surface area contributed by atoms with Crippen molar-refractivity contribution in [3.63, 3.8) is 0 Å². The molecule has 2 aromatic carbocycles. The fourth-order valence-electron chi connectivity index (χ4n) is 1.98. The van der Waals surface area contributed by atoms with E-state index in [2.05, 4.69) is 4.98 Å². The SMILES string of the molecule is [2H]C([2H])([2H])Oc1ccc(C(=O)Oc2cccc3cccnc23)cc1. The molecule has 1 heterocycles. The number of carbonyl (C=O) groups is 1. The zero-order chi connectivity index (χ0) is 17.2. The molecule has 3 aromatic rings. The molecule has 0 N–H and O–H groups in total. The van der Waals surface area contributed by atoms with Crippen molar-refractivity contribution in [3.8, 4) is 11.5 Å². The van der Waals surface area contributed by atoms with Crippen LogP contribution in [0.2, 0.25) is 0 Å². The van der Waals surface area contributed by atoms with Gasteiger partial charge in [-0.1, -0.05) is 18.2 Å². The Labute approximate surface area is 126 Å². The minimum Gasteiger partial charge on any atom is -0.497 e. The molecule has 0 aliphatic heterocycles. The molecule has 0 saturated carbocycles. The van der Waals surface area contributed by atoms with Crippen LogP contribution in [0, 0.1) is 0 Å². The second-order valence-electron chi connectivity index (χ2n) is 4.35. The van der Waals surface area contributed by atoms with Gasteiger partial charge < -0.3 is 9.47 Å². The number of ether oxygens (including phenoxy) is 2. The van der Waals surface area contributed by atoms with E-state index >= 15 is 0 Å². The highest BCUT2D eigenvalue weighted by Crippen LogP contribution is 2.24. The Hall–Kier alpha value is -2.88. The summed E-state index contributed by atoms with van der Waals surface area (Å²) in [6.07, 6.45) is 1.63. The Morgan fingerprint density at radius 3 is 2.71 bits per heavy atom. The number of rotatable bonds is 3. The molecule has 3 rings (SSSR count). The lowest BCUT2D eigenvalue weighted by molar-refractivity contribution is 0.0737. The first kappa shape index (κ1) is 9.94. The molecular weight excluding hydrogens is 266 g/mol. The van der Waals surface area contributed by atoms with E-state index in [0.717, 1.165) is 5.39 Å². The van der Waals surface area contributed by atoms with Gasteiger partial charge in [0.05, 0.1) is 16.7 Å². The summed E-state index contributed by atoms with van der Waals surface area (Å²) in [5.74, 6) is -0.0483. The topological polar surface area (TPSA) is 48.4 Å². The number of methoxy groups -OCH3 is 1. The number of benzene rings is 2. The lowest BCUT2D eigenvalue weighted by Gasteiger charge is -2.07. The van der Waals surface area contributed by atoms with Crippen molar-refractivity contribution in [1.29, 1.82) is 0 Å². The van der Waals surface area contributed by atoms with Gasteiger partial charge in [-0.2, -0.15) is 0 Å². The van der Waals surface area contributed by atoms with Crippen molar-refractivity contribution in [2.24, 2.45) is 0 Å². The van der Waals surface area contributed by atoms with Crippen LogP contribution in [0.15, 0.2) is 60.8 Å². The Bertz CT molecular complexity index is 871. The first-order chi connectivity index (χ1) is 11.4. The Morgan fingerprint density at radius 1 is 1.10 bits per heavy atom. The summed E-state index contributed by atoms with van der Waals surface area (Å²) in [6, 6.07) is 14.7. The molecule has 0 saturated heterocycles. The van der Waals surface area contributed by atoms with Crippen molar-refractivity contribution in [1.82, 2.24) is 4.98 Å². The first-order valence-electron chi connectivity index (χ1n) is 7.77. The van der Waals surface area contributed by atoms with E-state index in [0.29, 0.717) is 11.3 Å². The summed E-state index contributed by atoms with van der Waals surface area (Å²) in [5, 5.41) is 0.865. The molecule has 0 fully saturated rings. The Balaban J connectivity index is 1.79. The molecule has 0 spiro atoms. The number of hydrogen-bond acceptors (Lipinski definition) is 4. The van der Waals surface area contributed by atoms with Gasteiger partial charge >= 0.3 is 5.97 Å². The monoisotopic (exact) mass is 282 g/mol. The van der Waals surface area contributed by atoms with Gasteiger partial charge in [0.2, 0.25) is 0 Å².